The average Bonchev–Trinajstić information content (AvgIpc) is 2.72. The van der Waals surface area contributed by atoms with Crippen molar-refractivity contribution in [3.63, 3.8) is 0 Å². The van der Waals surface area contributed by atoms with Gasteiger partial charge in [0.05, 0.1) is 18.8 Å². The normalized spacial score (nSPS) is 11.0. The second kappa shape index (κ2) is 8.83. The van der Waals surface area contributed by atoms with Crippen LogP contribution in [0.25, 0.3) is 11.6 Å². The van der Waals surface area contributed by atoms with E-state index in [-0.39, 0.29) is 23.6 Å². The van der Waals surface area contributed by atoms with E-state index in [4.69, 9.17) is 9.47 Å². The maximum Gasteiger partial charge on any atom is 0.161 e. The van der Waals surface area contributed by atoms with Gasteiger partial charge >= 0.3 is 0 Å². The zero-order chi connectivity index (χ0) is 19.9. The molecule has 0 aliphatic carbocycles. The van der Waals surface area contributed by atoms with Gasteiger partial charge in [0.25, 0.3) is 0 Å². The van der Waals surface area contributed by atoms with Crippen LogP contribution >= 0.6 is 0 Å². The van der Waals surface area contributed by atoms with E-state index >= 15 is 0 Å². The molecule has 140 valence electrons. The quantitative estimate of drug-likeness (QED) is 0.414. The molecule has 0 amide bonds. The Bertz CT molecular complexity index is 1050. The van der Waals surface area contributed by atoms with Crippen molar-refractivity contribution in [1.82, 2.24) is 0 Å². The van der Waals surface area contributed by atoms with E-state index in [9.17, 15) is 14.0 Å². The summed E-state index contributed by atoms with van der Waals surface area (Å²) in [5.74, 6) is 0.0555. The fourth-order valence-corrected chi connectivity index (χ4v) is 2.68. The van der Waals surface area contributed by atoms with Crippen LogP contribution in [0.3, 0.4) is 0 Å². The molecule has 0 spiro atoms. The number of hydrogen-bond acceptors (Lipinski definition) is 3. The van der Waals surface area contributed by atoms with E-state index in [0.29, 0.717) is 22.6 Å². The minimum Gasteiger partial charge on any atom is -0.493 e. The zero-order valence-electron chi connectivity index (χ0n) is 15.2. The summed E-state index contributed by atoms with van der Waals surface area (Å²) in [5.41, 5.74) is 1.50. The molecule has 3 rings (SSSR count). The molecule has 0 saturated heterocycles. The summed E-state index contributed by atoms with van der Waals surface area (Å²) in [6.07, 6.45) is 1.57. The van der Waals surface area contributed by atoms with Crippen LogP contribution in [0.4, 0.5) is 8.78 Å². The van der Waals surface area contributed by atoms with Crippen LogP contribution in [-0.4, -0.2) is 7.11 Å². The van der Waals surface area contributed by atoms with Crippen LogP contribution in [0, 0.1) is 23.0 Å². The Morgan fingerprint density at radius 3 is 2.36 bits per heavy atom. The summed E-state index contributed by atoms with van der Waals surface area (Å²) < 4.78 is 38.7. The molecule has 3 aromatic rings. The van der Waals surface area contributed by atoms with Gasteiger partial charge in [0.2, 0.25) is 0 Å². The molecule has 0 heterocycles. The van der Waals surface area contributed by atoms with Gasteiger partial charge in [-0.3, -0.25) is 0 Å². The number of halogens is 2. The van der Waals surface area contributed by atoms with Gasteiger partial charge in [0.15, 0.2) is 11.5 Å². The molecule has 5 heteroatoms. The Morgan fingerprint density at radius 2 is 1.68 bits per heavy atom. The number of nitriles is 1. The molecular formula is C23H17F2NO2. The lowest BCUT2D eigenvalue weighted by atomic mass is 10.0. The zero-order valence-corrected chi connectivity index (χ0v) is 15.2. The number of methoxy groups -OCH3 is 1. The topological polar surface area (TPSA) is 42.2 Å². The second-order valence-corrected chi connectivity index (χ2v) is 5.94. The molecule has 3 aromatic carbocycles. The third-order valence-electron chi connectivity index (χ3n) is 4.12. The Morgan fingerprint density at radius 1 is 0.964 bits per heavy atom. The summed E-state index contributed by atoms with van der Waals surface area (Å²) >= 11 is 0. The highest BCUT2D eigenvalue weighted by Gasteiger charge is 2.10. The van der Waals surface area contributed by atoms with E-state index in [1.807, 2.05) is 6.07 Å². The molecule has 0 aliphatic rings. The number of ether oxygens (including phenoxy) is 2. The van der Waals surface area contributed by atoms with Crippen molar-refractivity contribution in [1.29, 1.82) is 5.26 Å². The Hall–Kier alpha value is -3.65. The van der Waals surface area contributed by atoms with E-state index in [1.165, 1.54) is 19.2 Å². The van der Waals surface area contributed by atoms with E-state index in [0.717, 1.165) is 0 Å². The fourth-order valence-electron chi connectivity index (χ4n) is 2.68. The smallest absolute Gasteiger partial charge is 0.161 e. The highest BCUT2D eigenvalue weighted by atomic mass is 19.1. The Balaban J connectivity index is 1.86. The van der Waals surface area contributed by atoms with Gasteiger partial charge in [-0.25, -0.2) is 8.78 Å². The highest BCUT2D eigenvalue weighted by Crippen LogP contribution is 2.31. The van der Waals surface area contributed by atoms with Gasteiger partial charge in [-0.05, 0) is 35.9 Å². The summed E-state index contributed by atoms with van der Waals surface area (Å²) in [5, 5.41) is 9.41. The molecule has 0 radical (unpaired) electrons. The van der Waals surface area contributed by atoms with Crippen molar-refractivity contribution in [3.05, 3.63) is 95.1 Å². The lowest BCUT2D eigenvalue weighted by Crippen LogP contribution is -2.00. The standard InChI is InChI=1S/C23H17F2NO2/c1-27-23-13-16(12-18(14-26)19-7-3-5-9-21(19)25)10-11-22(23)28-15-17-6-2-4-8-20(17)24/h2-13H,15H2,1H3/b18-12-. The summed E-state index contributed by atoms with van der Waals surface area (Å²) in [4.78, 5) is 0. The van der Waals surface area contributed by atoms with Gasteiger partial charge in [-0.2, -0.15) is 5.26 Å². The van der Waals surface area contributed by atoms with E-state index in [1.54, 1.807) is 60.7 Å². The van der Waals surface area contributed by atoms with Gasteiger partial charge in [0, 0.05) is 11.1 Å². The summed E-state index contributed by atoms with van der Waals surface area (Å²) in [7, 11) is 1.49. The highest BCUT2D eigenvalue weighted by molar-refractivity contribution is 5.90. The molecule has 0 saturated carbocycles. The van der Waals surface area contributed by atoms with Crippen LogP contribution in [0.2, 0.25) is 0 Å². The first kappa shape index (κ1) is 19.1. The number of rotatable bonds is 6. The molecule has 0 fully saturated rings. The maximum atomic E-state index is 14.0. The largest absolute Gasteiger partial charge is 0.493 e. The van der Waals surface area contributed by atoms with Crippen molar-refractivity contribution in [2.24, 2.45) is 0 Å². The molecule has 0 aliphatic heterocycles. The van der Waals surface area contributed by atoms with Crippen molar-refractivity contribution in [3.8, 4) is 17.6 Å². The van der Waals surface area contributed by atoms with E-state index in [2.05, 4.69) is 0 Å². The second-order valence-electron chi connectivity index (χ2n) is 5.94. The van der Waals surface area contributed by atoms with Crippen molar-refractivity contribution < 1.29 is 18.3 Å². The van der Waals surface area contributed by atoms with Crippen molar-refractivity contribution in [2.75, 3.05) is 7.11 Å². The third kappa shape index (κ3) is 4.36. The molecule has 0 bridgehead atoms. The molecule has 28 heavy (non-hydrogen) atoms. The number of benzene rings is 3. The summed E-state index contributed by atoms with van der Waals surface area (Å²) in [6, 6.07) is 19.5. The van der Waals surface area contributed by atoms with Crippen LogP contribution in [-0.2, 0) is 6.61 Å². The minimum atomic E-state index is -0.466. The van der Waals surface area contributed by atoms with Gasteiger partial charge in [0.1, 0.15) is 18.2 Å². The Labute approximate surface area is 162 Å². The van der Waals surface area contributed by atoms with Gasteiger partial charge in [-0.1, -0.05) is 42.5 Å². The monoisotopic (exact) mass is 377 g/mol. The van der Waals surface area contributed by atoms with Crippen molar-refractivity contribution in [2.45, 2.75) is 6.61 Å². The van der Waals surface area contributed by atoms with Crippen LogP contribution in [0.1, 0.15) is 16.7 Å². The molecular weight excluding hydrogens is 360 g/mol. The van der Waals surface area contributed by atoms with Crippen molar-refractivity contribution >= 4 is 11.6 Å². The van der Waals surface area contributed by atoms with Crippen LogP contribution in [0.15, 0.2) is 66.7 Å². The molecule has 0 unspecified atom stereocenters. The van der Waals surface area contributed by atoms with Gasteiger partial charge < -0.3 is 9.47 Å². The minimum absolute atomic E-state index is 0.0525. The first-order chi connectivity index (χ1) is 13.6. The summed E-state index contributed by atoms with van der Waals surface area (Å²) in [6.45, 7) is 0.0525. The average molecular weight is 377 g/mol. The first-order valence-corrected chi connectivity index (χ1v) is 8.53. The Kier molecular flexibility index (Phi) is 6.03. The molecule has 0 atom stereocenters. The SMILES string of the molecule is COc1cc(/C=C(/C#N)c2ccccc2F)ccc1OCc1ccccc1F. The maximum absolute atomic E-state index is 14.0. The molecule has 0 aromatic heterocycles. The predicted octanol–water partition coefficient (Wildman–Crippen LogP) is 5.62. The third-order valence-corrected chi connectivity index (χ3v) is 4.12. The molecule has 3 nitrogen and oxygen atoms in total. The number of nitrogens with zero attached hydrogens (tertiary/aromatic N) is 1. The van der Waals surface area contributed by atoms with Gasteiger partial charge in [-0.15, -0.1) is 0 Å². The number of allylic oxidation sites excluding steroid dienone is 1. The lowest BCUT2D eigenvalue weighted by Gasteiger charge is -2.12. The fraction of sp³-hybridized carbons (Fsp3) is 0.0870. The van der Waals surface area contributed by atoms with Crippen LogP contribution < -0.4 is 9.47 Å². The van der Waals surface area contributed by atoms with E-state index < -0.39 is 5.82 Å². The first-order valence-electron chi connectivity index (χ1n) is 8.53. The molecule has 0 N–H and O–H groups in total. The number of hydrogen-bond donors (Lipinski definition) is 0. The predicted molar refractivity (Wildman–Crippen MR) is 104 cm³/mol. The van der Waals surface area contributed by atoms with Crippen LogP contribution in [0.5, 0.6) is 11.5 Å². The lowest BCUT2D eigenvalue weighted by molar-refractivity contribution is 0.279.